The van der Waals surface area contributed by atoms with Gasteiger partial charge >= 0.3 is 0 Å². The molecule has 21 heavy (non-hydrogen) atoms. The molecule has 0 atom stereocenters. The van der Waals surface area contributed by atoms with Crippen LogP contribution in [0.4, 0.5) is 10.1 Å². The van der Waals surface area contributed by atoms with Crippen LogP contribution in [0.15, 0.2) is 40.9 Å². The summed E-state index contributed by atoms with van der Waals surface area (Å²) < 4.78 is 14.1. The molecule has 0 radical (unpaired) electrons. The van der Waals surface area contributed by atoms with E-state index in [-0.39, 0.29) is 10.9 Å². The van der Waals surface area contributed by atoms with Crippen LogP contribution in [-0.4, -0.2) is 10.9 Å². The Morgan fingerprint density at radius 2 is 2.00 bits per heavy atom. The fourth-order valence-corrected chi connectivity index (χ4v) is 2.31. The van der Waals surface area contributed by atoms with Crippen molar-refractivity contribution in [3.8, 4) is 0 Å². The second-order valence-electron chi connectivity index (χ2n) is 4.47. The predicted octanol–water partition coefficient (Wildman–Crippen LogP) is 3.78. The number of anilines is 1. The summed E-state index contributed by atoms with van der Waals surface area (Å²) in [5, 5.41) is 2.69. The third-order valence-corrected chi connectivity index (χ3v) is 4.00. The summed E-state index contributed by atoms with van der Waals surface area (Å²) in [6.07, 6.45) is 0. The monoisotopic (exact) mass is 366 g/mol. The second kappa shape index (κ2) is 6.32. The van der Waals surface area contributed by atoms with E-state index >= 15 is 0 Å². The molecule has 0 bridgehead atoms. The normalized spacial score (nSPS) is 10.2. The molecule has 3 N–H and O–H groups in total. The molecule has 3 nitrogen and oxygen atoms in total. The number of halogens is 2. The molecular weight excluding hydrogens is 355 g/mol. The maximum Gasteiger partial charge on any atom is 0.255 e. The third-order valence-electron chi connectivity index (χ3n) is 2.93. The van der Waals surface area contributed by atoms with Gasteiger partial charge in [0.2, 0.25) is 0 Å². The number of benzene rings is 2. The molecule has 0 aliphatic carbocycles. The molecule has 1 amide bonds. The van der Waals surface area contributed by atoms with E-state index in [1.807, 2.05) is 13.0 Å². The molecule has 0 aromatic heterocycles. The first-order valence-electron chi connectivity index (χ1n) is 6.05. The van der Waals surface area contributed by atoms with Crippen LogP contribution in [0, 0.1) is 12.7 Å². The molecule has 0 unspecified atom stereocenters. The standard InChI is InChI=1S/C15H12BrFN2OS/c1-8-2-3-9(6-12(8)16)15(20)19-13-5-4-10(17)7-11(13)14(18)21/h2-7H,1H3,(H2,18,21)(H,19,20). The van der Waals surface area contributed by atoms with Crippen LogP contribution >= 0.6 is 28.1 Å². The van der Waals surface area contributed by atoms with E-state index in [0.717, 1.165) is 10.0 Å². The number of thiocarbonyl (C=S) groups is 1. The SMILES string of the molecule is Cc1ccc(C(=O)Nc2ccc(F)cc2C(N)=S)cc1Br. The zero-order valence-electron chi connectivity index (χ0n) is 11.1. The van der Waals surface area contributed by atoms with Gasteiger partial charge in [-0.3, -0.25) is 4.79 Å². The largest absolute Gasteiger partial charge is 0.389 e. The number of rotatable bonds is 3. The number of carbonyl (C=O) groups is 1. The minimum Gasteiger partial charge on any atom is -0.389 e. The number of carbonyl (C=O) groups excluding carboxylic acids is 1. The topological polar surface area (TPSA) is 55.1 Å². The van der Waals surface area contributed by atoms with Gasteiger partial charge in [-0.05, 0) is 42.8 Å². The number of aryl methyl sites for hydroxylation is 1. The minimum atomic E-state index is -0.464. The van der Waals surface area contributed by atoms with Crippen molar-refractivity contribution >= 4 is 44.7 Å². The molecule has 0 aliphatic heterocycles. The summed E-state index contributed by atoms with van der Waals surface area (Å²) in [5.41, 5.74) is 7.73. The first-order chi connectivity index (χ1) is 9.88. The number of hydrogen-bond donors (Lipinski definition) is 2. The molecule has 0 aliphatic rings. The van der Waals surface area contributed by atoms with Crippen molar-refractivity contribution in [2.24, 2.45) is 5.73 Å². The average Bonchev–Trinajstić information content (AvgIpc) is 2.43. The molecule has 2 aromatic carbocycles. The maximum absolute atomic E-state index is 13.2. The highest BCUT2D eigenvalue weighted by Crippen LogP contribution is 2.21. The van der Waals surface area contributed by atoms with E-state index in [2.05, 4.69) is 21.2 Å². The number of nitrogens with one attached hydrogen (secondary N) is 1. The lowest BCUT2D eigenvalue weighted by atomic mass is 10.1. The predicted molar refractivity (Wildman–Crippen MR) is 89.1 cm³/mol. The Balaban J connectivity index is 2.31. The van der Waals surface area contributed by atoms with E-state index < -0.39 is 5.82 Å². The van der Waals surface area contributed by atoms with Gasteiger partial charge in [0.15, 0.2) is 0 Å². The van der Waals surface area contributed by atoms with Crippen LogP contribution in [0.5, 0.6) is 0 Å². The zero-order valence-corrected chi connectivity index (χ0v) is 13.5. The summed E-state index contributed by atoms with van der Waals surface area (Å²) in [5.74, 6) is -0.784. The summed E-state index contributed by atoms with van der Waals surface area (Å²) in [7, 11) is 0. The van der Waals surface area contributed by atoms with Gasteiger partial charge < -0.3 is 11.1 Å². The summed E-state index contributed by atoms with van der Waals surface area (Å²) in [4.78, 5) is 12.3. The van der Waals surface area contributed by atoms with Gasteiger partial charge in [0, 0.05) is 15.6 Å². The van der Waals surface area contributed by atoms with E-state index in [4.69, 9.17) is 18.0 Å². The molecule has 2 rings (SSSR count). The second-order valence-corrected chi connectivity index (χ2v) is 5.77. The van der Waals surface area contributed by atoms with Crippen LogP contribution in [0.3, 0.4) is 0 Å². The van der Waals surface area contributed by atoms with Crippen LogP contribution in [0.2, 0.25) is 0 Å². The van der Waals surface area contributed by atoms with Crippen LogP contribution in [-0.2, 0) is 0 Å². The number of nitrogens with two attached hydrogens (primary N) is 1. The highest BCUT2D eigenvalue weighted by Gasteiger charge is 2.12. The van der Waals surface area contributed by atoms with E-state index in [1.165, 1.54) is 18.2 Å². The molecule has 0 saturated carbocycles. The fraction of sp³-hybridized carbons (Fsp3) is 0.0667. The summed E-state index contributed by atoms with van der Waals surface area (Å²) >= 11 is 8.25. The molecule has 6 heteroatoms. The zero-order chi connectivity index (χ0) is 15.6. The van der Waals surface area contributed by atoms with Gasteiger partial charge in [-0.15, -0.1) is 0 Å². The van der Waals surface area contributed by atoms with Crippen LogP contribution < -0.4 is 11.1 Å². The van der Waals surface area contributed by atoms with Crippen molar-refractivity contribution in [2.75, 3.05) is 5.32 Å². The van der Waals surface area contributed by atoms with Crippen molar-refractivity contribution in [1.82, 2.24) is 0 Å². The highest BCUT2D eigenvalue weighted by atomic mass is 79.9. The lowest BCUT2D eigenvalue weighted by molar-refractivity contribution is 0.102. The minimum absolute atomic E-state index is 0.0230. The molecule has 2 aromatic rings. The van der Waals surface area contributed by atoms with Crippen LogP contribution in [0.1, 0.15) is 21.5 Å². The third kappa shape index (κ3) is 3.65. The van der Waals surface area contributed by atoms with Crippen molar-refractivity contribution in [1.29, 1.82) is 0 Å². The van der Waals surface area contributed by atoms with Gasteiger partial charge in [0.25, 0.3) is 5.91 Å². The Bertz CT molecular complexity index is 734. The van der Waals surface area contributed by atoms with Crippen molar-refractivity contribution in [2.45, 2.75) is 6.92 Å². The molecule has 0 saturated heterocycles. The Hall–Kier alpha value is -1.79. The Kier molecular flexibility index (Phi) is 4.69. The average molecular weight is 367 g/mol. The van der Waals surface area contributed by atoms with Gasteiger partial charge in [-0.25, -0.2) is 4.39 Å². The Morgan fingerprint density at radius 1 is 1.29 bits per heavy atom. The first-order valence-corrected chi connectivity index (χ1v) is 7.25. The lowest BCUT2D eigenvalue weighted by Crippen LogP contribution is -2.18. The van der Waals surface area contributed by atoms with Crippen molar-refractivity contribution in [3.05, 3.63) is 63.4 Å². The molecule has 0 spiro atoms. The van der Waals surface area contributed by atoms with Gasteiger partial charge in [0.05, 0.1) is 5.69 Å². The van der Waals surface area contributed by atoms with Gasteiger partial charge in [0.1, 0.15) is 10.8 Å². The molecule has 108 valence electrons. The van der Waals surface area contributed by atoms with Gasteiger partial charge in [-0.1, -0.05) is 34.2 Å². The van der Waals surface area contributed by atoms with Gasteiger partial charge in [-0.2, -0.15) is 0 Å². The summed E-state index contributed by atoms with van der Waals surface area (Å²) in [6.45, 7) is 1.93. The van der Waals surface area contributed by atoms with E-state index in [1.54, 1.807) is 12.1 Å². The maximum atomic E-state index is 13.2. The molecular formula is C15H12BrFN2OS. The van der Waals surface area contributed by atoms with E-state index in [9.17, 15) is 9.18 Å². The lowest BCUT2D eigenvalue weighted by Gasteiger charge is -2.11. The smallest absolute Gasteiger partial charge is 0.255 e. The molecule has 0 fully saturated rings. The quantitative estimate of drug-likeness (QED) is 0.812. The van der Waals surface area contributed by atoms with E-state index in [0.29, 0.717) is 16.8 Å². The number of amides is 1. The number of hydrogen-bond acceptors (Lipinski definition) is 2. The van der Waals surface area contributed by atoms with Crippen molar-refractivity contribution in [3.63, 3.8) is 0 Å². The Morgan fingerprint density at radius 3 is 2.62 bits per heavy atom. The van der Waals surface area contributed by atoms with Crippen molar-refractivity contribution < 1.29 is 9.18 Å². The van der Waals surface area contributed by atoms with Crippen LogP contribution in [0.25, 0.3) is 0 Å². The Labute approximate surface area is 135 Å². The summed E-state index contributed by atoms with van der Waals surface area (Å²) in [6, 6.07) is 9.13. The fourth-order valence-electron chi connectivity index (χ4n) is 1.76. The molecule has 0 heterocycles. The first kappa shape index (κ1) is 15.6. The highest BCUT2D eigenvalue weighted by molar-refractivity contribution is 9.10.